The molecule has 1 heterocycles. The molecule has 2 aromatic carbocycles. The molecule has 2 aromatic rings. The van der Waals surface area contributed by atoms with Gasteiger partial charge in [0.25, 0.3) is 0 Å². The molecule has 0 unspecified atom stereocenters. The van der Waals surface area contributed by atoms with Crippen LogP contribution in [0.25, 0.3) is 0 Å². The van der Waals surface area contributed by atoms with Gasteiger partial charge in [-0.2, -0.15) is 0 Å². The molecule has 0 fully saturated rings. The van der Waals surface area contributed by atoms with Gasteiger partial charge < -0.3 is 21.3 Å². The van der Waals surface area contributed by atoms with Gasteiger partial charge in [-0.1, -0.05) is 36.7 Å². The number of nitrogens with one attached hydrogen (secondary N) is 2. The molecule has 3 rings (SSSR count). The fourth-order valence-corrected chi connectivity index (χ4v) is 3.84. The number of nitrogens with zero attached hydrogens (tertiary/aromatic N) is 1. The number of rotatable bonds is 5. The second kappa shape index (κ2) is 8.63. The van der Waals surface area contributed by atoms with Crippen LogP contribution in [-0.2, 0) is 9.59 Å². The molecule has 1 aliphatic heterocycles. The predicted molar refractivity (Wildman–Crippen MR) is 114 cm³/mol. The number of hydrogen-bond acceptors (Lipinski definition) is 4. The van der Waals surface area contributed by atoms with E-state index in [1.54, 1.807) is 12.1 Å². The van der Waals surface area contributed by atoms with Crippen molar-refractivity contribution in [2.24, 2.45) is 5.73 Å². The largest absolute Gasteiger partial charge is 0.378 e. The summed E-state index contributed by atoms with van der Waals surface area (Å²) in [6.45, 7) is 3.85. The Morgan fingerprint density at radius 2 is 2.00 bits per heavy atom. The number of benzene rings is 2. The summed E-state index contributed by atoms with van der Waals surface area (Å²) in [5.41, 5.74) is 8.73. The normalized spacial score (nSPS) is 18.4. The molecule has 7 heteroatoms. The Morgan fingerprint density at radius 1 is 1.25 bits per heavy atom. The topological polar surface area (TPSA) is 87.5 Å². The summed E-state index contributed by atoms with van der Waals surface area (Å²) in [5, 5.41) is 6.63. The number of carbonyl (C=O) groups excluding carboxylic acids is 2. The van der Waals surface area contributed by atoms with Crippen LogP contribution in [0, 0.1) is 0 Å². The van der Waals surface area contributed by atoms with Crippen LogP contribution in [0.15, 0.2) is 42.5 Å². The molecule has 0 aromatic heterocycles. The third kappa shape index (κ3) is 4.13. The van der Waals surface area contributed by atoms with E-state index >= 15 is 0 Å². The smallest absolute Gasteiger partial charge is 0.238 e. The van der Waals surface area contributed by atoms with Crippen molar-refractivity contribution in [3.63, 3.8) is 0 Å². The Balaban J connectivity index is 1.85. The number of para-hydroxylation sites is 1. The van der Waals surface area contributed by atoms with Gasteiger partial charge in [0.05, 0.1) is 23.3 Å². The molecular weight excluding hydrogens is 376 g/mol. The van der Waals surface area contributed by atoms with Gasteiger partial charge in [0.1, 0.15) is 0 Å². The van der Waals surface area contributed by atoms with Gasteiger partial charge in [-0.15, -0.1) is 0 Å². The minimum atomic E-state index is -0.293. The van der Waals surface area contributed by atoms with E-state index in [9.17, 15) is 9.59 Å². The van der Waals surface area contributed by atoms with Crippen molar-refractivity contribution in [2.45, 2.75) is 38.8 Å². The van der Waals surface area contributed by atoms with E-state index in [0.29, 0.717) is 17.1 Å². The van der Waals surface area contributed by atoms with Gasteiger partial charge >= 0.3 is 0 Å². The molecule has 0 aliphatic carbocycles. The Morgan fingerprint density at radius 3 is 2.68 bits per heavy atom. The molecule has 148 valence electrons. The molecule has 2 atom stereocenters. The monoisotopic (exact) mass is 400 g/mol. The van der Waals surface area contributed by atoms with Crippen LogP contribution in [0.5, 0.6) is 0 Å². The number of nitrogens with two attached hydrogens (primary N) is 1. The summed E-state index contributed by atoms with van der Waals surface area (Å²) in [4.78, 5) is 25.8. The molecule has 0 saturated carbocycles. The standard InChI is InChI=1S/C21H25ClN4O2/c1-3-21(28)26-13(2)10-18(15-6-4-5-7-19(15)26)24-14-8-9-17(16(22)11-14)25-20(27)12-23/h4-9,11,13,18,24H,3,10,12,23H2,1-2H3,(H,25,27)/t13-,18+/m0/s1. The Labute approximate surface area is 170 Å². The number of anilines is 3. The Kier molecular flexibility index (Phi) is 6.21. The van der Waals surface area contributed by atoms with E-state index in [2.05, 4.69) is 17.6 Å². The van der Waals surface area contributed by atoms with Crippen molar-refractivity contribution in [1.29, 1.82) is 0 Å². The summed E-state index contributed by atoms with van der Waals surface area (Å²) in [6, 6.07) is 13.5. The summed E-state index contributed by atoms with van der Waals surface area (Å²) >= 11 is 6.31. The van der Waals surface area contributed by atoms with Crippen LogP contribution in [0.1, 0.15) is 38.3 Å². The number of halogens is 1. The highest BCUT2D eigenvalue weighted by molar-refractivity contribution is 6.34. The molecular formula is C21H25ClN4O2. The highest BCUT2D eigenvalue weighted by atomic mass is 35.5. The van der Waals surface area contributed by atoms with E-state index in [-0.39, 0.29) is 30.4 Å². The van der Waals surface area contributed by atoms with Crippen LogP contribution in [0.3, 0.4) is 0 Å². The third-order valence-corrected chi connectivity index (χ3v) is 5.24. The van der Waals surface area contributed by atoms with Crippen molar-refractivity contribution >= 4 is 40.5 Å². The lowest BCUT2D eigenvalue weighted by Crippen LogP contribution is -2.44. The SMILES string of the molecule is CCC(=O)N1c2ccccc2[C@H](Nc2ccc(NC(=O)CN)c(Cl)c2)C[C@@H]1C. The van der Waals surface area contributed by atoms with E-state index in [4.69, 9.17) is 17.3 Å². The zero-order chi connectivity index (χ0) is 20.3. The number of carbonyl (C=O) groups is 2. The molecule has 6 nitrogen and oxygen atoms in total. The molecule has 28 heavy (non-hydrogen) atoms. The Bertz CT molecular complexity index is 886. The van der Waals surface area contributed by atoms with Crippen LogP contribution < -0.4 is 21.3 Å². The average molecular weight is 401 g/mol. The second-order valence-corrected chi connectivity index (χ2v) is 7.31. The first kappa shape index (κ1) is 20.2. The maximum absolute atomic E-state index is 12.4. The van der Waals surface area contributed by atoms with E-state index in [1.165, 1.54) is 0 Å². The first-order valence-corrected chi connectivity index (χ1v) is 9.79. The lowest BCUT2D eigenvalue weighted by Gasteiger charge is -2.40. The van der Waals surface area contributed by atoms with Gasteiger partial charge in [-0.25, -0.2) is 0 Å². The average Bonchev–Trinajstić information content (AvgIpc) is 2.69. The second-order valence-electron chi connectivity index (χ2n) is 6.90. The highest BCUT2D eigenvalue weighted by Gasteiger charge is 2.32. The molecule has 0 spiro atoms. The van der Waals surface area contributed by atoms with Crippen molar-refractivity contribution in [1.82, 2.24) is 0 Å². The van der Waals surface area contributed by atoms with Crippen molar-refractivity contribution in [2.75, 3.05) is 22.1 Å². The zero-order valence-electron chi connectivity index (χ0n) is 16.0. The fraction of sp³-hybridized carbons (Fsp3) is 0.333. The van der Waals surface area contributed by atoms with Gasteiger partial charge in [0, 0.05) is 23.8 Å². The van der Waals surface area contributed by atoms with E-state index in [1.807, 2.05) is 42.2 Å². The summed E-state index contributed by atoms with van der Waals surface area (Å²) in [5.74, 6) is -0.167. The first-order chi connectivity index (χ1) is 13.4. The summed E-state index contributed by atoms with van der Waals surface area (Å²) in [6.07, 6.45) is 1.26. The lowest BCUT2D eigenvalue weighted by atomic mass is 9.91. The number of fused-ring (bicyclic) bond motifs is 1. The number of hydrogen-bond donors (Lipinski definition) is 3. The van der Waals surface area contributed by atoms with Gasteiger partial charge in [0.2, 0.25) is 11.8 Å². The van der Waals surface area contributed by atoms with Crippen molar-refractivity contribution in [3.05, 3.63) is 53.1 Å². The van der Waals surface area contributed by atoms with E-state index in [0.717, 1.165) is 23.4 Å². The highest BCUT2D eigenvalue weighted by Crippen LogP contribution is 2.39. The maximum Gasteiger partial charge on any atom is 0.238 e. The summed E-state index contributed by atoms with van der Waals surface area (Å²) in [7, 11) is 0. The Hall–Kier alpha value is -2.57. The molecule has 2 amide bonds. The predicted octanol–water partition coefficient (Wildman–Crippen LogP) is 3.93. The van der Waals surface area contributed by atoms with Crippen LogP contribution in [-0.4, -0.2) is 24.4 Å². The van der Waals surface area contributed by atoms with Crippen LogP contribution in [0.2, 0.25) is 5.02 Å². The third-order valence-electron chi connectivity index (χ3n) is 4.93. The minimum Gasteiger partial charge on any atom is -0.378 e. The zero-order valence-corrected chi connectivity index (χ0v) is 16.8. The first-order valence-electron chi connectivity index (χ1n) is 9.41. The van der Waals surface area contributed by atoms with Crippen molar-refractivity contribution < 1.29 is 9.59 Å². The molecule has 0 radical (unpaired) electrons. The van der Waals surface area contributed by atoms with Crippen LogP contribution >= 0.6 is 11.6 Å². The lowest BCUT2D eigenvalue weighted by molar-refractivity contribution is -0.119. The summed E-state index contributed by atoms with van der Waals surface area (Å²) < 4.78 is 0. The quantitative estimate of drug-likeness (QED) is 0.709. The molecule has 4 N–H and O–H groups in total. The van der Waals surface area contributed by atoms with Crippen LogP contribution in [0.4, 0.5) is 17.1 Å². The fourth-order valence-electron chi connectivity index (χ4n) is 3.61. The number of amides is 2. The molecule has 0 saturated heterocycles. The minimum absolute atomic E-state index is 0.0488. The van der Waals surface area contributed by atoms with Gasteiger partial charge in [0.15, 0.2) is 0 Å². The van der Waals surface area contributed by atoms with Gasteiger partial charge in [-0.3, -0.25) is 9.59 Å². The molecule has 1 aliphatic rings. The van der Waals surface area contributed by atoms with E-state index < -0.39 is 0 Å². The maximum atomic E-state index is 12.4. The van der Waals surface area contributed by atoms with Crippen molar-refractivity contribution in [3.8, 4) is 0 Å². The molecule has 0 bridgehead atoms. The van der Waals surface area contributed by atoms with Gasteiger partial charge in [-0.05, 0) is 43.2 Å².